The zero-order valence-corrected chi connectivity index (χ0v) is 8.00. The second kappa shape index (κ2) is 5.77. The molecule has 0 saturated carbocycles. The third-order valence-corrected chi connectivity index (χ3v) is 1.49. The number of aliphatic carboxylic acids is 1. The highest BCUT2D eigenvalue weighted by molar-refractivity contribution is 5.80. The summed E-state index contributed by atoms with van der Waals surface area (Å²) < 4.78 is 0. The van der Waals surface area contributed by atoms with Gasteiger partial charge in [0.2, 0.25) is 0 Å². The van der Waals surface area contributed by atoms with E-state index in [2.05, 4.69) is 11.8 Å². The molecule has 0 amide bonds. The molecule has 0 fully saturated rings. The SMILES string of the molecule is CCCN(C)CC(C)=CC(=O)O. The van der Waals surface area contributed by atoms with E-state index in [9.17, 15) is 4.79 Å². The van der Waals surface area contributed by atoms with E-state index < -0.39 is 5.97 Å². The third-order valence-electron chi connectivity index (χ3n) is 1.49. The Hall–Kier alpha value is -0.830. The lowest BCUT2D eigenvalue weighted by Crippen LogP contribution is -2.21. The highest BCUT2D eigenvalue weighted by atomic mass is 16.4. The van der Waals surface area contributed by atoms with Crippen molar-refractivity contribution in [2.75, 3.05) is 20.1 Å². The first-order valence-electron chi connectivity index (χ1n) is 4.15. The summed E-state index contributed by atoms with van der Waals surface area (Å²) in [4.78, 5) is 12.4. The second-order valence-electron chi connectivity index (χ2n) is 3.07. The van der Waals surface area contributed by atoms with E-state index in [0.717, 1.165) is 25.1 Å². The average molecular weight is 171 g/mol. The van der Waals surface area contributed by atoms with E-state index in [1.807, 2.05) is 14.0 Å². The highest BCUT2D eigenvalue weighted by Gasteiger charge is 1.98. The van der Waals surface area contributed by atoms with Gasteiger partial charge in [-0.25, -0.2) is 4.79 Å². The number of hydrogen-bond acceptors (Lipinski definition) is 2. The lowest BCUT2D eigenvalue weighted by atomic mass is 10.2. The summed E-state index contributed by atoms with van der Waals surface area (Å²) in [5.41, 5.74) is 0.887. The van der Waals surface area contributed by atoms with Crippen molar-refractivity contribution in [3.8, 4) is 0 Å². The highest BCUT2D eigenvalue weighted by Crippen LogP contribution is 1.96. The molecule has 3 nitrogen and oxygen atoms in total. The lowest BCUT2D eigenvalue weighted by molar-refractivity contribution is -0.131. The molecule has 12 heavy (non-hydrogen) atoms. The van der Waals surface area contributed by atoms with Crippen molar-refractivity contribution < 1.29 is 9.90 Å². The molecule has 0 saturated heterocycles. The van der Waals surface area contributed by atoms with Crippen LogP contribution in [0.3, 0.4) is 0 Å². The van der Waals surface area contributed by atoms with Crippen LogP contribution in [0.15, 0.2) is 11.6 Å². The molecular weight excluding hydrogens is 154 g/mol. The minimum absolute atomic E-state index is 0.736. The number of carbonyl (C=O) groups is 1. The Morgan fingerprint density at radius 2 is 2.17 bits per heavy atom. The molecule has 0 rings (SSSR count). The van der Waals surface area contributed by atoms with Gasteiger partial charge in [0.25, 0.3) is 0 Å². The Balaban J connectivity index is 3.82. The van der Waals surface area contributed by atoms with E-state index in [1.54, 1.807) is 0 Å². The van der Waals surface area contributed by atoms with Crippen LogP contribution in [0, 0.1) is 0 Å². The normalized spacial score (nSPS) is 12.2. The van der Waals surface area contributed by atoms with Crippen LogP contribution < -0.4 is 0 Å². The van der Waals surface area contributed by atoms with Gasteiger partial charge in [0.1, 0.15) is 0 Å². The van der Waals surface area contributed by atoms with Gasteiger partial charge < -0.3 is 10.0 Å². The average Bonchev–Trinajstić information content (AvgIpc) is 1.84. The van der Waals surface area contributed by atoms with Gasteiger partial charge in [0.05, 0.1) is 0 Å². The quantitative estimate of drug-likeness (QED) is 0.635. The molecular formula is C9H17NO2. The van der Waals surface area contributed by atoms with Crippen molar-refractivity contribution in [2.45, 2.75) is 20.3 Å². The Morgan fingerprint density at radius 3 is 2.58 bits per heavy atom. The van der Waals surface area contributed by atoms with Gasteiger partial charge in [0, 0.05) is 12.6 Å². The molecule has 1 N–H and O–H groups in total. The van der Waals surface area contributed by atoms with Crippen LogP contribution in [0.4, 0.5) is 0 Å². The number of rotatable bonds is 5. The molecule has 0 bridgehead atoms. The summed E-state index contributed by atoms with van der Waals surface area (Å²) in [6, 6.07) is 0. The van der Waals surface area contributed by atoms with Crippen molar-refractivity contribution >= 4 is 5.97 Å². The Kier molecular flexibility index (Phi) is 5.37. The molecule has 70 valence electrons. The van der Waals surface area contributed by atoms with Crippen LogP contribution in [-0.2, 0) is 4.79 Å². The fourth-order valence-corrected chi connectivity index (χ4v) is 1.14. The molecule has 3 heteroatoms. The molecule has 0 aromatic heterocycles. The molecule has 0 radical (unpaired) electrons. The maximum atomic E-state index is 10.3. The molecule has 0 heterocycles. The first-order valence-corrected chi connectivity index (χ1v) is 4.15. The zero-order chi connectivity index (χ0) is 9.56. The van der Waals surface area contributed by atoms with Crippen molar-refractivity contribution in [1.29, 1.82) is 0 Å². The van der Waals surface area contributed by atoms with Crippen molar-refractivity contribution in [3.05, 3.63) is 11.6 Å². The molecule has 0 unspecified atom stereocenters. The van der Waals surface area contributed by atoms with Crippen molar-refractivity contribution in [2.24, 2.45) is 0 Å². The summed E-state index contributed by atoms with van der Waals surface area (Å²) in [5.74, 6) is -0.864. The summed E-state index contributed by atoms with van der Waals surface area (Å²) in [5, 5.41) is 8.43. The molecule has 0 aliphatic rings. The predicted octanol–water partition coefficient (Wildman–Crippen LogP) is 1.36. The van der Waals surface area contributed by atoms with E-state index >= 15 is 0 Å². The smallest absolute Gasteiger partial charge is 0.328 e. The molecule has 0 spiro atoms. The number of likely N-dealkylation sites (N-methyl/N-ethyl adjacent to an activating group) is 1. The van der Waals surface area contributed by atoms with Crippen LogP contribution in [0.2, 0.25) is 0 Å². The largest absolute Gasteiger partial charge is 0.478 e. The first-order chi connectivity index (χ1) is 5.56. The Labute approximate surface area is 73.7 Å². The van der Waals surface area contributed by atoms with Crippen molar-refractivity contribution in [1.82, 2.24) is 4.90 Å². The predicted molar refractivity (Wildman–Crippen MR) is 49.2 cm³/mol. The van der Waals surface area contributed by atoms with Gasteiger partial charge in [0.15, 0.2) is 0 Å². The van der Waals surface area contributed by atoms with Crippen LogP contribution in [0.1, 0.15) is 20.3 Å². The molecule has 0 aliphatic heterocycles. The topological polar surface area (TPSA) is 40.5 Å². The fraction of sp³-hybridized carbons (Fsp3) is 0.667. The summed E-state index contributed by atoms with van der Waals surface area (Å²) >= 11 is 0. The van der Waals surface area contributed by atoms with Crippen LogP contribution in [-0.4, -0.2) is 36.1 Å². The molecule has 0 atom stereocenters. The third kappa shape index (κ3) is 5.92. The van der Waals surface area contributed by atoms with E-state index in [4.69, 9.17) is 5.11 Å². The summed E-state index contributed by atoms with van der Waals surface area (Å²) in [7, 11) is 1.99. The van der Waals surface area contributed by atoms with Gasteiger partial charge in [-0.3, -0.25) is 0 Å². The molecule has 0 aromatic rings. The van der Waals surface area contributed by atoms with Gasteiger partial charge >= 0.3 is 5.97 Å². The summed E-state index contributed by atoms with van der Waals surface area (Å²) in [6.45, 7) is 5.68. The number of carboxylic acid groups (broad SMARTS) is 1. The second-order valence-corrected chi connectivity index (χ2v) is 3.07. The lowest BCUT2D eigenvalue weighted by Gasteiger charge is -2.14. The van der Waals surface area contributed by atoms with Crippen LogP contribution in [0.5, 0.6) is 0 Å². The first kappa shape index (κ1) is 11.2. The number of hydrogen-bond donors (Lipinski definition) is 1. The monoisotopic (exact) mass is 171 g/mol. The van der Waals surface area contributed by atoms with Crippen LogP contribution >= 0.6 is 0 Å². The van der Waals surface area contributed by atoms with Gasteiger partial charge in [-0.15, -0.1) is 0 Å². The number of nitrogens with zero attached hydrogens (tertiary/aromatic N) is 1. The Morgan fingerprint density at radius 1 is 1.58 bits per heavy atom. The summed E-state index contributed by atoms with van der Waals surface area (Å²) in [6.07, 6.45) is 2.35. The van der Waals surface area contributed by atoms with Gasteiger partial charge in [-0.2, -0.15) is 0 Å². The zero-order valence-electron chi connectivity index (χ0n) is 8.00. The molecule has 0 aromatic carbocycles. The van der Waals surface area contributed by atoms with E-state index in [0.29, 0.717) is 0 Å². The fourth-order valence-electron chi connectivity index (χ4n) is 1.14. The van der Waals surface area contributed by atoms with Gasteiger partial charge in [-0.05, 0) is 26.9 Å². The maximum absolute atomic E-state index is 10.3. The van der Waals surface area contributed by atoms with Gasteiger partial charge in [-0.1, -0.05) is 12.5 Å². The Bertz CT molecular complexity index is 175. The van der Waals surface area contributed by atoms with Crippen LogP contribution in [0.25, 0.3) is 0 Å². The minimum Gasteiger partial charge on any atom is -0.478 e. The maximum Gasteiger partial charge on any atom is 0.328 e. The standard InChI is InChI=1S/C9H17NO2/c1-4-5-10(3)7-8(2)6-9(11)12/h6H,4-5,7H2,1-3H3,(H,11,12). The van der Waals surface area contributed by atoms with E-state index in [-0.39, 0.29) is 0 Å². The molecule has 0 aliphatic carbocycles. The van der Waals surface area contributed by atoms with Crippen molar-refractivity contribution in [3.63, 3.8) is 0 Å². The minimum atomic E-state index is -0.864. The van der Waals surface area contributed by atoms with E-state index in [1.165, 1.54) is 6.08 Å². The number of carboxylic acids is 1.